The Morgan fingerprint density at radius 2 is 1.65 bits per heavy atom. The van der Waals surface area contributed by atoms with Crippen LogP contribution in [0.3, 0.4) is 0 Å². The van der Waals surface area contributed by atoms with Gasteiger partial charge in [0.2, 0.25) is 17.7 Å². The lowest BCUT2D eigenvalue weighted by molar-refractivity contribution is -0.126. The summed E-state index contributed by atoms with van der Waals surface area (Å²) in [5.41, 5.74) is 2.02. The highest BCUT2D eigenvalue weighted by Crippen LogP contribution is 2.28. The molecule has 0 spiro atoms. The van der Waals surface area contributed by atoms with Crippen LogP contribution in [0.4, 0.5) is 11.4 Å². The van der Waals surface area contributed by atoms with Gasteiger partial charge in [0.15, 0.2) is 0 Å². The topological polar surface area (TPSA) is 81.8 Å². The molecular formula is C19H26N4O3. The number of carbonyl (C=O) groups is 3. The van der Waals surface area contributed by atoms with E-state index in [9.17, 15) is 14.4 Å². The molecule has 7 nitrogen and oxygen atoms in total. The fraction of sp³-hybridized carbons (Fsp3) is 0.526. The zero-order valence-corrected chi connectivity index (χ0v) is 15.2. The van der Waals surface area contributed by atoms with Crippen molar-refractivity contribution in [3.63, 3.8) is 0 Å². The number of nitrogens with one attached hydrogen (secondary N) is 2. The van der Waals surface area contributed by atoms with Gasteiger partial charge in [-0.05, 0) is 37.1 Å². The second kappa shape index (κ2) is 8.21. The SMILES string of the molecule is CC(=O)NCCNC(=O)C1CC(=O)N(c2ccc(N3CCCC3)cc2)C1. The summed E-state index contributed by atoms with van der Waals surface area (Å²) in [6.45, 7) is 4.76. The molecule has 2 heterocycles. The molecule has 3 rings (SSSR count). The molecule has 0 aliphatic carbocycles. The van der Waals surface area contributed by atoms with E-state index in [4.69, 9.17) is 0 Å². The minimum absolute atomic E-state index is 0.0269. The number of anilines is 2. The largest absolute Gasteiger partial charge is 0.372 e. The van der Waals surface area contributed by atoms with E-state index in [-0.39, 0.29) is 30.1 Å². The second-order valence-corrected chi connectivity index (χ2v) is 6.89. The van der Waals surface area contributed by atoms with E-state index in [0.717, 1.165) is 18.8 Å². The molecule has 2 N–H and O–H groups in total. The quantitative estimate of drug-likeness (QED) is 0.740. The summed E-state index contributed by atoms with van der Waals surface area (Å²) in [6, 6.07) is 8.02. The van der Waals surface area contributed by atoms with Crippen LogP contribution in [0.2, 0.25) is 0 Å². The highest BCUT2D eigenvalue weighted by Gasteiger charge is 2.35. The summed E-state index contributed by atoms with van der Waals surface area (Å²) < 4.78 is 0. The van der Waals surface area contributed by atoms with Crippen molar-refractivity contribution in [2.24, 2.45) is 5.92 Å². The van der Waals surface area contributed by atoms with Gasteiger partial charge in [-0.25, -0.2) is 0 Å². The minimum atomic E-state index is -0.349. The number of hydrogen-bond donors (Lipinski definition) is 2. The minimum Gasteiger partial charge on any atom is -0.372 e. The summed E-state index contributed by atoms with van der Waals surface area (Å²) in [5.74, 6) is -0.641. The monoisotopic (exact) mass is 358 g/mol. The molecule has 140 valence electrons. The van der Waals surface area contributed by atoms with Gasteiger partial charge in [0.25, 0.3) is 0 Å². The van der Waals surface area contributed by atoms with E-state index in [1.807, 2.05) is 12.1 Å². The first-order valence-electron chi connectivity index (χ1n) is 9.22. The van der Waals surface area contributed by atoms with E-state index in [0.29, 0.717) is 19.6 Å². The van der Waals surface area contributed by atoms with Gasteiger partial charge >= 0.3 is 0 Å². The van der Waals surface area contributed by atoms with Crippen LogP contribution >= 0.6 is 0 Å². The lowest BCUT2D eigenvalue weighted by Crippen LogP contribution is -2.37. The van der Waals surface area contributed by atoms with Gasteiger partial charge in [0.05, 0.1) is 5.92 Å². The van der Waals surface area contributed by atoms with Crippen LogP contribution < -0.4 is 20.4 Å². The zero-order chi connectivity index (χ0) is 18.5. The van der Waals surface area contributed by atoms with Crippen molar-refractivity contribution in [3.05, 3.63) is 24.3 Å². The Morgan fingerprint density at radius 1 is 1.04 bits per heavy atom. The Bertz CT molecular complexity index is 668. The summed E-state index contributed by atoms with van der Waals surface area (Å²) in [5, 5.41) is 5.41. The van der Waals surface area contributed by atoms with Crippen molar-refractivity contribution < 1.29 is 14.4 Å². The summed E-state index contributed by atoms with van der Waals surface area (Å²) in [6.07, 6.45) is 2.68. The Hall–Kier alpha value is -2.57. The van der Waals surface area contributed by atoms with Crippen LogP contribution in [0.5, 0.6) is 0 Å². The van der Waals surface area contributed by atoms with Gasteiger partial charge in [-0.2, -0.15) is 0 Å². The number of nitrogens with zero attached hydrogens (tertiary/aromatic N) is 2. The van der Waals surface area contributed by atoms with Crippen LogP contribution in [-0.2, 0) is 14.4 Å². The molecule has 7 heteroatoms. The summed E-state index contributed by atoms with van der Waals surface area (Å²) in [4.78, 5) is 39.4. The van der Waals surface area contributed by atoms with Gasteiger partial charge in [-0.3, -0.25) is 14.4 Å². The molecule has 1 unspecified atom stereocenters. The van der Waals surface area contributed by atoms with E-state index < -0.39 is 0 Å². The molecule has 1 aromatic carbocycles. The lowest BCUT2D eigenvalue weighted by atomic mass is 10.1. The highest BCUT2D eigenvalue weighted by molar-refractivity contribution is 6.00. The van der Waals surface area contributed by atoms with Gasteiger partial charge < -0.3 is 20.4 Å². The highest BCUT2D eigenvalue weighted by atomic mass is 16.2. The first kappa shape index (κ1) is 18.2. The Kier molecular flexibility index (Phi) is 5.75. The molecule has 0 aromatic heterocycles. The number of amides is 3. The first-order valence-corrected chi connectivity index (χ1v) is 9.22. The number of rotatable bonds is 6. The molecule has 2 aliphatic heterocycles. The third-order valence-electron chi connectivity index (χ3n) is 4.93. The molecule has 0 radical (unpaired) electrons. The van der Waals surface area contributed by atoms with Crippen LogP contribution in [0.1, 0.15) is 26.2 Å². The van der Waals surface area contributed by atoms with Crippen molar-refractivity contribution >= 4 is 29.1 Å². The average molecular weight is 358 g/mol. The molecule has 3 amide bonds. The standard InChI is InChI=1S/C19H26N4O3/c1-14(24)20-8-9-21-19(26)15-12-18(25)23(13-15)17-6-4-16(5-7-17)22-10-2-3-11-22/h4-7,15H,2-3,8-13H2,1H3,(H,20,24)(H,21,26). The van der Waals surface area contributed by atoms with E-state index in [1.165, 1.54) is 25.5 Å². The van der Waals surface area contributed by atoms with Crippen molar-refractivity contribution in [2.75, 3.05) is 42.5 Å². The third-order valence-corrected chi connectivity index (χ3v) is 4.93. The van der Waals surface area contributed by atoms with Gasteiger partial charge in [0.1, 0.15) is 0 Å². The molecule has 26 heavy (non-hydrogen) atoms. The van der Waals surface area contributed by atoms with Gasteiger partial charge in [-0.15, -0.1) is 0 Å². The van der Waals surface area contributed by atoms with E-state index >= 15 is 0 Å². The number of carbonyl (C=O) groups excluding carboxylic acids is 3. The maximum atomic E-state index is 12.3. The molecule has 0 saturated carbocycles. The molecule has 2 saturated heterocycles. The van der Waals surface area contributed by atoms with E-state index in [2.05, 4.69) is 27.7 Å². The Balaban J connectivity index is 1.53. The van der Waals surface area contributed by atoms with Crippen molar-refractivity contribution in [1.82, 2.24) is 10.6 Å². The molecule has 1 atom stereocenters. The van der Waals surface area contributed by atoms with Crippen molar-refractivity contribution in [1.29, 1.82) is 0 Å². The molecule has 2 aliphatic rings. The summed E-state index contributed by atoms with van der Waals surface area (Å²) in [7, 11) is 0. The maximum absolute atomic E-state index is 12.3. The fourth-order valence-electron chi connectivity index (χ4n) is 3.52. The molecule has 2 fully saturated rings. The second-order valence-electron chi connectivity index (χ2n) is 6.89. The van der Waals surface area contributed by atoms with Crippen LogP contribution in [0.25, 0.3) is 0 Å². The zero-order valence-electron chi connectivity index (χ0n) is 15.2. The van der Waals surface area contributed by atoms with Gasteiger partial charge in [-0.1, -0.05) is 0 Å². The van der Waals surface area contributed by atoms with Crippen molar-refractivity contribution in [3.8, 4) is 0 Å². The van der Waals surface area contributed by atoms with Crippen molar-refractivity contribution in [2.45, 2.75) is 26.2 Å². The predicted octanol–water partition coefficient (Wildman–Crippen LogP) is 0.892. The smallest absolute Gasteiger partial charge is 0.227 e. The Labute approximate surface area is 153 Å². The van der Waals surface area contributed by atoms with Crippen LogP contribution in [-0.4, -0.2) is 50.4 Å². The molecule has 1 aromatic rings. The molecular weight excluding hydrogens is 332 g/mol. The molecule has 0 bridgehead atoms. The average Bonchev–Trinajstić information content (AvgIpc) is 3.28. The van der Waals surface area contributed by atoms with Crippen LogP contribution in [0.15, 0.2) is 24.3 Å². The predicted molar refractivity (Wildman–Crippen MR) is 100 cm³/mol. The first-order chi connectivity index (χ1) is 12.5. The summed E-state index contributed by atoms with van der Waals surface area (Å²) >= 11 is 0. The number of benzene rings is 1. The lowest BCUT2D eigenvalue weighted by Gasteiger charge is -2.20. The number of hydrogen-bond acceptors (Lipinski definition) is 4. The maximum Gasteiger partial charge on any atom is 0.227 e. The Morgan fingerprint density at radius 3 is 2.31 bits per heavy atom. The van der Waals surface area contributed by atoms with Gasteiger partial charge in [0, 0.05) is 57.4 Å². The fourth-order valence-corrected chi connectivity index (χ4v) is 3.52. The third kappa shape index (κ3) is 4.33. The normalized spacial score (nSPS) is 19.7. The van der Waals surface area contributed by atoms with Crippen LogP contribution in [0, 0.1) is 5.92 Å². The van der Waals surface area contributed by atoms with E-state index in [1.54, 1.807) is 4.90 Å².